The van der Waals surface area contributed by atoms with E-state index in [4.69, 9.17) is 5.11 Å². The van der Waals surface area contributed by atoms with Crippen LogP contribution in [0.1, 0.15) is 31.6 Å². The van der Waals surface area contributed by atoms with Crippen molar-refractivity contribution < 1.29 is 9.90 Å². The SMILES string of the molecule is CCc1ccc(-c2nnnn2CC(CC)CC(=O)O)s1. The quantitative estimate of drug-likeness (QED) is 0.848. The van der Waals surface area contributed by atoms with E-state index < -0.39 is 5.97 Å². The lowest BCUT2D eigenvalue weighted by atomic mass is 10.0. The number of hydrogen-bond acceptors (Lipinski definition) is 5. The zero-order valence-corrected chi connectivity index (χ0v) is 12.4. The largest absolute Gasteiger partial charge is 0.481 e. The van der Waals surface area contributed by atoms with Crippen molar-refractivity contribution >= 4 is 17.3 Å². The van der Waals surface area contributed by atoms with Crippen molar-refractivity contribution in [2.75, 3.05) is 0 Å². The Hall–Kier alpha value is -1.76. The Balaban J connectivity index is 2.17. The molecule has 7 heteroatoms. The van der Waals surface area contributed by atoms with E-state index in [2.05, 4.69) is 28.5 Å². The molecule has 0 radical (unpaired) electrons. The molecule has 20 heavy (non-hydrogen) atoms. The molecule has 1 unspecified atom stereocenters. The second-order valence-electron chi connectivity index (χ2n) is 4.68. The van der Waals surface area contributed by atoms with Crippen LogP contribution in [-0.4, -0.2) is 31.3 Å². The number of hydrogen-bond donors (Lipinski definition) is 1. The van der Waals surface area contributed by atoms with Crippen LogP contribution in [0.3, 0.4) is 0 Å². The van der Waals surface area contributed by atoms with Crippen LogP contribution in [-0.2, 0) is 17.8 Å². The summed E-state index contributed by atoms with van der Waals surface area (Å²) in [6.45, 7) is 4.63. The van der Waals surface area contributed by atoms with Gasteiger partial charge in [-0.05, 0) is 34.9 Å². The Labute approximate surface area is 121 Å². The van der Waals surface area contributed by atoms with Gasteiger partial charge in [0.1, 0.15) is 0 Å². The van der Waals surface area contributed by atoms with Crippen molar-refractivity contribution in [2.45, 2.75) is 39.7 Å². The van der Waals surface area contributed by atoms with Crippen molar-refractivity contribution in [1.29, 1.82) is 0 Å². The van der Waals surface area contributed by atoms with Gasteiger partial charge in [-0.3, -0.25) is 4.79 Å². The van der Waals surface area contributed by atoms with Gasteiger partial charge < -0.3 is 5.11 Å². The van der Waals surface area contributed by atoms with Crippen molar-refractivity contribution in [3.63, 3.8) is 0 Å². The maximum atomic E-state index is 10.8. The highest BCUT2D eigenvalue weighted by molar-refractivity contribution is 7.15. The third-order valence-corrected chi connectivity index (χ3v) is 4.46. The minimum absolute atomic E-state index is 0.0420. The molecule has 0 aliphatic heterocycles. The Kier molecular flexibility index (Phi) is 4.84. The zero-order chi connectivity index (χ0) is 14.5. The summed E-state index contributed by atoms with van der Waals surface area (Å²) in [6, 6.07) is 4.09. The maximum absolute atomic E-state index is 10.8. The lowest BCUT2D eigenvalue weighted by Crippen LogP contribution is -2.16. The van der Waals surface area contributed by atoms with Crippen molar-refractivity contribution in [3.05, 3.63) is 17.0 Å². The molecule has 0 aliphatic rings. The van der Waals surface area contributed by atoms with Gasteiger partial charge in [0, 0.05) is 17.8 Å². The Morgan fingerprint density at radius 1 is 1.45 bits per heavy atom. The van der Waals surface area contributed by atoms with E-state index in [1.54, 1.807) is 16.0 Å². The van der Waals surface area contributed by atoms with Gasteiger partial charge in [0.2, 0.25) is 0 Å². The monoisotopic (exact) mass is 294 g/mol. The predicted molar refractivity (Wildman–Crippen MR) is 76.5 cm³/mol. The van der Waals surface area contributed by atoms with E-state index in [1.165, 1.54) is 4.88 Å². The number of aliphatic carboxylic acids is 1. The van der Waals surface area contributed by atoms with Gasteiger partial charge in [0.05, 0.1) is 4.88 Å². The number of carbonyl (C=O) groups is 1. The summed E-state index contributed by atoms with van der Waals surface area (Å²) in [5.74, 6) is -0.0187. The van der Waals surface area contributed by atoms with Gasteiger partial charge in [-0.15, -0.1) is 16.4 Å². The van der Waals surface area contributed by atoms with E-state index in [0.717, 1.165) is 23.5 Å². The number of tetrazole rings is 1. The number of carboxylic acid groups (broad SMARTS) is 1. The number of carboxylic acids is 1. The molecule has 0 bridgehead atoms. The molecule has 0 saturated carbocycles. The van der Waals surface area contributed by atoms with Crippen LogP contribution in [0.15, 0.2) is 12.1 Å². The third-order valence-electron chi connectivity index (χ3n) is 3.23. The third kappa shape index (κ3) is 3.41. The Morgan fingerprint density at radius 3 is 2.85 bits per heavy atom. The standard InChI is InChI=1S/C13H18N4O2S/c1-3-9(7-12(18)19)8-17-13(14-15-16-17)11-6-5-10(4-2)20-11/h5-6,9H,3-4,7-8H2,1-2H3,(H,18,19). The fraction of sp³-hybridized carbons (Fsp3) is 0.538. The molecular weight excluding hydrogens is 276 g/mol. The summed E-state index contributed by atoms with van der Waals surface area (Å²) in [5.41, 5.74) is 0. The van der Waals surface area contributed by atoms with E-state index in [9.17, 15) is 4.79 Å². The van der Waals surface area contributed by atoms with Crippen LogP contribution < -0.4 is 0 Å². The molecule has 2 rings (SSSR count). The highest BCUT2D eigenvalue weighted by Crippen LogP contribution is 2.27. The molecule has 6 nitrogen and oxygen atoms in total. The maximum Gasteiger partial charge on any atom is 0.303 e. The lowest BCUT2D eigenvalue weighted by molar-refractivity contribution is -0.138. The molecular formula is C13H18N4O2S. The second-order valence-corrected chi connectivity index (χ2v) is 5.84. The molecule has 0 amide bonds. The minimum atomic E-state index is -0.782. The van der Waals surface area contributed by atoms with Crippen LogP contribution >= 0.6 is 11.3 Å². The van der Waals surface area contributed by atoms with E-state index in [-0.39, 0.29) is 12.3 Å². The second kappa shape index (κ2) is 6.60. The molecule has 0 spiro atoms. The van der Waals surface area contributed by atoms with Crippen LogP contribution in [0.2, 0.25) is 0 Å². The van der Waals surface area contributed by atoms with Crippen LogP contribution in [0.5, 0.6) is 0 Å². The summed E-state index contributed by atoms with van der Waals surface area (Å²) in [6.07, 6.45) is 1.92. The summed E-state index contributed by atoms with van der Waals surface area (Å²) in [5, 5.41) is 20.7. The fourth-order valence-corrected chi connectivity index (χ4v) is 2.96. The molecule has 108 valence electrons. The van der Waals surface area contributed by atoms with Gasteiger partial charge >= 0.3 is 5.97 Å². The number of aromatic nitrogens is 4. The summed E-state index contributed by atoms with van der Waals surface area (Å²) in [4.78, 5) is 13.1. The van der Waals surface area contributed by atoms with Crippen molar-refractivity contribution in [2.24, 2.45) is 5.92 Å². The van der Waals surface area contributed by atoms with Crippen LogP contribution in [0, 0.1) is 5.92 Å². The molecule has 0 fully saturated rings. The average Bonchev–Trinajstić information content (AvgIpc) is 3.05. The smallest absolute Gasteiger partial charge is 0.303 e. The first-order valence-electron chi connectivity index (χ1n) is 6.71. The molecule has 1 atom stereocenters. The van der Waals surface area contributed by atoms with Crippen LogP contribution in [0.25, 0.3) is 10.7 Å². The van der Waals surface area contributed by atoms with E-state index >= 15 is 0 Å². The highest BCUT2D eigenvalue weighted by Gasteiger charge is 2.17. The molecule has 0 aliphatic carbocycles. The number of nitrogens with zero attached hydrogens (tertiary/aromatic N) is 4. The van der Waals surface area contributed by atoms with Crippen molar-refractivity contribution in [3.8, 4) is 10.7 Å². The first-order chi connectivity index (χ1) is 9.63. The van der Waals surface area contributed by atoms with Gasteiger partial charge in [0.15, 0.2) is 5.82 Å². The molecule has 0 aromatic carbocycles. The van der Waals surface area contributed by atoms with Crippen molar-refractivity contribution in [1.82, 2.24) is 20.2 Å². The lowest BCUT2D eigenvalue weighted by Gasteiger charge is -2.12. The molecule has 1 N–H and O–H groups in total. The van der Waals surface area contributed by atoms with E-state index in [0.29, 0.717) is 6.54 Å². The average molecular weight is 294 g/mol. The molecule has 2 aromatic rings. The summed E-state index contributed by atoms with van der Waals surface area (Å²) in [7, 11) is 0. The van der Waals surface area contributed by atoms with E-state index in [1.807, 2.05) is 13.0 Å². The first-order valence-corrected chi connectivity index (χ1v) is 7.52. The van der Waals surface area contributed by atoms with Gasteiger partial charge in [-0.1, -0.05) is 20.3 Å². The summed E-state index contributed by atoms with van der Waals surface area (Å²) < 4.78 is 1.71. The topological polar surface area (TPSA) is 80.9 Å². The zero-order valence-electron chi connectivity index (χ0n) is 11.6. The van der Waals surface area contributed by atoms with Gasteiger partial charge in [-0.2, -0.15) is 0 Å². The molecule has 2 aromatic heterocycles. The fourth-order valence-electron chi connectivity index (χ4n) is 2.02. The Bertz CT molecular complexity index is 578. The normalized spacial score (nSPS) is 12.5. The minimum Gasteiger partial charge on any atom is -0.481 e. The van der Waals surface area contributed by atoms with Gasteiger partial charge in [0.25, 0.3) is 0 Å². The number of thiophene rings is 1. The Morgan fingerprint density at radius 2 is 2.25 bits per heavy atom. The summed E-state index contributed by atoms with van der Waals surface area (Å²) >= 11 is 1.67. The molecule has 2 heterocycles. The number of aryl methyl sites for hydroxylation is 1. The van der Waals surface area contributed by atoms with Gasteiger partial charge in [-0.25, -0.2) is 4.68 Å². The predicted octanol–water partition coefficient (Wildman–Crippen LogP) is 2.46. The number of rotatable bonds is 7. The first kappa shape index (κ1) is 14.6. The molecule has 0 saturated heterocycles. The highest BCUT2D eigenvalue weighted by atomic mass is 32.1. The van der Waals surface area contributed by atoms with Crippen LogP contribution in [0.4, 0.5) is 0 Å².